The van der Waals surface area contributed by atoms with Gasteiger partial charge in [-0.05, 0) is 11.8 Å². The summed E-state index contributed by atoms with van der Waals surface area (Å²) in [7, 11) is 0. The van der Waals surface area contributed by atoms with Gasteiger partial charge >= 0.3 is 0 Å². The van der Waals surface area contributed by atoms with Crippen molar-refractivity contribution in [2.45, 2.75) is 33.6 Å². The average molecular weight is 162 g/mol. The molecule has 1 fully saturated rings. The summed E-state index contributed by atoms with van der Waals surface area (Å²) in [5.74, 6) is -2.85. The molecule has 66 valence electrons. The van der Waals surface area contributed by atoms with E-state index in [0.29, 0.717) is 0 Å². The molecule has 0 aromatic heterocycles. The Kier molecular flexibility index (Phi) is 1.97. The molecule has 1 unspecified atom stereocenters. The quantitative estimate of drug-likeness (QED) is 0.585. The predicted octanol–water partition coefficient (Wildman–Crippen LogP) is 3.18. The van der Waals surface area contributed by atoms with E-state index in [1.165, 1.54) is 0 Å². The van der Waals surface area contributed by atoms with E-state index in [9.17, 15) is 8.78 Å². The highest BCUT2D eigenvalue weighted by molar-refractivity contribution is 5.07. The van der Waals surface area contributed by atoms with Gasteiger partial charge in [-0.15, -0.1) is 0 Å². The Bertz CT molecular complexity index is 134. The molecule has 2 heteroatoms. The molecule has 2 atom stereocenters. The first-order chi connectivity index (χ1) is 4.89. The van der Waals surface area contributed by atoms with E-state index in [0.717, 1.165) is 0 Å². The van der Waals surface area contributed by atoms with Crippen LogP contribution in [0.2, 0.25) is 0 Å². The molecular formula is C9H16F2. The lowest BCUT2D eigenvalue weighted by Gasteiger charge is -2.01. The minimum atomic E-state index is -2.37. The molecule has 11 heavy (non-hydrogen) atoms. The van der Waals surface area contributed by atoms with Crippen molar-refractivity contribution in [3.63, 3.8) is 0 Å². The normalized spacial score (nSPS) is 34.9. The third kappa shape index (κ3) is 1.27. The van der Waals surface area contributed by atoms with Crippen molar-refractivity contribution >= 4 is 0 Å². The average Bonchev–Trinajstić information content (AvgIpc) is 2.33. The van der Waals surface area contributed by atoms with Crippen LogP contribution in [0.1, 0.15) is 27.7 Å². The van der Waals surface area contributed by atoms with Gasteiger partial charge < -0.3 is 0 Å². The van der Waals surface area contributed by atoms with Gasteiger partial charge in [-0.25, -0.2) is 8.78 Å². The van der Waals surface area contributed by atoms with Crippen LogP contribution in [0.15, 0.2) is 0 Å². The maximum absolute atomic E-state index is 13.0. The maximum atomic E-state index is 13.0. The molecule has 0 bridgehead atoms. The highest BCUT2D eigenvalue weighted by atomic mass is 19.3. The van der Waals surface area contributed by atoms with Gasteiger partial charge in [0.15, 0.2) is 0 Å². The van der Waals surface area contributed by atoms with Crippen LogP contribution in [0.5, 0.6) is 0 Å². The first-order valence-electron chi connectivity index (χ1n) is 4.26. The molecule has 0 radical (unpaired) electrons. The molecule has 0 saturated heterocycles. The van der Waals surface area contributed by atoms with Crippen LogP contribution < -0.4 is 0 Å². The topological polar surface area (TPSA) is 0 Å². The molecule has 1 aliphatic carbocycles. The van der Waals surface area contributed by atoms with E-state index in [2.05, 4.69) is 0 Å². The summed E-state index contributed by atoms with van der Waals surface area (Å²) in [4.78, 5) is 0. The van der Waals surface area contributed by atoms with Crippen molar-refractivity contribution in [2.75, 3.05) is 0 Å². The molecule has 0 N–H and O–H groups in total. The fourth-order valence-electron chi connectivity index (χ4n) is 2.09. The van der Waals surface area contributed by atoms with Gasteiger partial charge in [-0.2, -0.15) is 0 Å². The van der Waals surface area contributed by atoms with Crippen LogP contribution in [-0.2, 0) is 0 Å². The zero-order valence-corrected chi connectivity index (χ0v) is 7.57. The van der Waals surface area contributed by atoms with Gasteiger partial charge in [0.1, 0.15) is 0 Å². The lowest BCUT2D eigenvalue weighted by atomic mass is 10.0. The van der Waals surface area contributed by atoms with Crippen LogP contribution in [0.25, 0.3) is 0 Å². The Hall–Kier alpha value is -0.140. The smallest absolute Gasteiger partial charge is 0.206 e. The first kappa shape index (κ1) is 8.95. The van der Waals surface area contributed by atoms with E-state index >= 15 is 0 Å². The zero-order chi connectivity index (χ0) is 8.81. The van der Waals surface area contributed by atoms with Gasteiger partial charge in [0.2, 0.25) is 0 Å². The molecule has 0 spiro atoms. The molecule has 1 aliphatic rings. The summed E-state index contributed by atoms with van der Waals surface area (Å²) >= 11 is 0. The number of halogens is 2. The van der Waals surface area contributed by atoms with Crippen LogP contribution in [-0.4, -0.2) is 5.92 Å². The van der Waals surface area contributed by atoms with Crippen molar-refractivity contribution in [1.82, 2.24) is 0 Å². The molecule has 0 heterocycles. The molecule has 1 rings (SSSR count). The van der Waals surface area contributed by atoms with E-state index < -0.39 is 5.92 Å². The number of rotatable bonds is 2. The van der Waals surface area contributed by atoms with Crippen molar-refractivity contribution in [3.05, 3.63) is 0 Å². The van der Waals surface area contributed by atoms with E-state index in [4.69, 9.17) is 0 Å². The summed E-state index contributed by atoms with van der Waals surface area (Å²) in [6.45, 7) is 7.50. The highest BCUT2D eigenvalue weighted by Crippen LogP contribution is 2.61. The van der Waals surface area contributed by atoms with E-state index in [-0.39, 0.29) is 23.7 Å². The van der Waals surface area contributed by atoms with Crippen LogP contribution in [0.4, 0.5) is 8.78 Å². The lowest BCUT2D eigenvalue weighted by molar-refractivity contribution is 0.0706. The Morgan fingerprint density at radius 2 is 1.18 bits per heavy atom. The molecule has 1 saturated carbocycles. The molecule has 0 aromatic carbocycles. The van der Waals surface area contributed by atoms with Gasteiger partial charge in [-0.3, -0.25) is 0 Å². The second kappa shape index (κ2) is 2.43. The minimum Gasteiger partial charge on any atom is -0.206 e. The summed E-state index contributed by atoms with van der Waals surface area (Å²) < 4.78 is 25.9. The molecule has 0 aromatic rings. The van der Waals surface area contributed by atoms with Gasteiger partial charge in [0, 0.05) is 11.8 Å². The second-order valence-corrected chi connectivity index (χ2v) is 4.21. The third-order valence-electron chi connectivity index (χ3n) is 2.60. The SMILES string of the molecule is CC(C)C1[C@@H](C(C)C)C1(F)F. The van der Waals surface area contributed by atoms with E-state index in [1.807, 2.05) is 27.7 Å². The van der Waals surface area contributed by atoms with Crippen molar-refractivity contribution in [3.8, 4) is 0 Å². The predicted molar refractivity (Wildman–Crippen MR) is 41.6 cm³/mol. The van der Waals surface area contributed by atoms with Crippen LogP contribution >= 0.6 is 0 Å². The summed E-state index contributed by atoms with van der Waals surface area (Å²) in [6.07, 6.45) is 0. The number of hydrogen-bond donors (Lipinski definition) is 0. The van der Waals surface area contributed by atoms with Crippen LogP contribution in [0, 0.1) is 23.7 Å². The number of hydrogen-bond acceptors (Lipinski definition) is 0. The largest absolute Gasteiger partial charge is 0.255 e. The summed E-state index contributed by atoms with van der Waals surface area (Å²) in [5.41, 5.74) is 0. The summed E-state index contributed by atoms with van der Waals surface area (Å²) in [5, 5.41) is 0. The zero-order valence-electron chi connectivity index (χ0n) is 7.57. The number of alkyl halides is 2. The first-order valence-corrected chi connectivity index (χ1v) is 4.26. The maximum Gasteiger partial charge on any atom is 0.255 e. The standard InChI is InChI=1S/C9H16F2/c1-5(2)7-8(6(3)4)9(7,10)11/h5-8H,1-4H3/t7-,8?/m1/s1. The van der Waals surface area contributed by atoms with Gasteiger partial charge in [0.25, 0.3) is 5.92 Å². The highest BCUT2D eigenvalue weighted by Gasteiger charge is 2.69. The lowest BCUT2D eigenvalue weighted by Crippen LogP contribution is -2.00. The minimum absolute atomic E-state index is 0.123. The second-order valence-electron chi connectivity index (χ2n) is 4.21. The van der Waals surface area contributed by atoms with Crippen molar-refractivity contribution in [2.24, 2.45) is 23.7 Å². The Morgan fingerprint density at radius 1 is 0.909 bits per heavy atom. The fraction of sp³-hybridized carbons (Fsp3) is 1.00. The monoisotopic (exact) mass is 162 g/mol. The van der Waals surface area contributed by atoms with Gasteiger partial charge in [0.05, 0.1) is 0 Å². The van der Waals surface area contributed by atoms with Crippen LogP contribution in [0.3, 0.4) is 0 Å². The molecular weight excluding hydrogens is 146 g/mol. The Balaban J connectivity index is 2.61. The van der Waals surface area contributed by atoms with E-state index in [1.54, 1.807) is 0 Å². The van der Waals surface area contributed by atoms with Crippen molar-refractivity contribution < 1.29 is 8.78 Å². The summed E-state index contributed by atoms with van der Waals surface area (Å²) in [6, 6.07) is 0. The fourth-order valence-corrected chi connectivity index (χ4v) is 2.09. The van der Waals surface area contributed by atoms with Crippen molar-refractivity contribution in [1.29, 1.82) is 0 Å². The Labute approximate surface area is 67.0 Å². The van der Waals surface area contributed by atoms with Gasteiger partial charge in [-0.1, -0.05) is 27.7 Å². The molecule has 0 amide bonds. The third-order valence-corrected chi connectivity index (χ3v) is 2.60. The molecule has 0 nitrogen and oxygen atoms in total. The Morgan fingerprint density at radius 3 is 1.27 bits per heavy atom. The molecule has 0 aliphatic heterocycles.